The van der Waals surface area contributed by atoms with Crippen molar-refractivity contribution in [3.8, 4) is 0 Å². The van der Waals surface area contributed by atoms with Gasteiger partial charge in [-0.2, -0.15) is 5.10 Å². The van der Waals surface area contributed by atoms with Gasteiger partial charge in [0, 0.05) is 17.4 Å². The van der Waals surface area contributed by atoms with Crippen molar-refractivity contribution in [3.63, 3.8) is 0 Å². The zero-order valence-corrected chi connectivity index (χ0v) is 15.9. The fourth-order valence-corrected chi connectivity index (χ4v) is 3.30. The van der Waals surface area contributed by atoms with Crippen molar-refractivity contribution in [3.05, 3.63) is 64.4 Å². The van der Waals surface area contributed by atoms with Gasteiger partial charge in [-0.15, -0.1) is 0 Å². The Bertz CT molecular complexity index is 886. The smallest absolute Gasteiger partial charge is 0.267 e. The topological polar surface area (TPSA) is 87.8 Å². The van der Waals surface area contributed by atoms with Crippen LogP contribution in [0.2, 0.25) is 0 Å². The molecule has 0 fully saturated rings. The van der Waals surface area contributed by atoms with Crippen LogP contribution in [-0.2, 0) is 16.0 Å². The summed E-state index contributed by atoms with van der Waals surface area (Å²) < 4.78 is 14.1. The van der Waals surface area contributed by atoms with Crippen LogP contribution in [0.1, 0.15) is 12.0 Å². The summed E-state index contributed by atoms with van der Waals surface area (Å²) in [6.45, 7) is 0.429. The van der Waals surface area contributed by atoms with Gasteiger partial charge in [0.25, 0.3) is 5.91 Å². The molecule has 1 heterocycles. The van der Waals surface area contributed by atoms with E-state index in [4.69, 9.17) is 5.73 Å². The third kappa shape index (κ3) is 4.51. The molecule has 6 nitrogen and oxygen atoms in total. The lowest BCUT2D eigenvalue weighted by Crippen LogP contribution is -2.40. The number of amides is 2. The molecule has 0 saturated carbocycles. The predicted octanol–water partition coefficient (Wildman–Crippen LogP) is 2.37. The van der Waals surface area contributed by atoms with Crippen LogP contribution < -0.4 is 16.1 Å². The number of nitrogens with zero attached hydrogens (tertiary/aromatic N) is 2. The number of benzene rings is 2. The maximum atomic E-state index is 13.1. The largest absolute Gasteiger partial charge is 0.368 e. The minimum absolute atomic E-state index is 0.105. The predicted molar refractivity (Wildman–Crippen MR) is 105 cm³/mol. The van der Waals surface area contributed by atoms with Gasteiger partial charge < -0.3 is 11.1 Å². The number of carbonyl (C=O) groups is 2. The molecule has 0 aliphatic carbocycles. The van der Waals surface area contributed by atoms with Gasteiger partial charge >= 0.3 is 0 Å². The molecule has 3 rings (SSSR count). The number of nitrogens with two attached hydrogens (primary N) is 1. The van der Waals surface area contributed by atoms with Crippen molar-refractivity contribution in [2.45, 2.75) is 18.9 Å². The Morgan fingerprint density at radius 2 is 1.93 bits per heavy atom. The normalized spacial score (nSPS) is 16.1. The lowest BCUT2D eigenvalue weighted by Gasteiger charge is -2.20. The van der Waals surface area contributed by atoms with E-state index in [1.807, 2.05) is 24.3 Å². The first-order chi connectivity index (χ1) is 13.0. The molecule has 27 heavy (non-hydrogen) atoms. The monoisotopic (exact) mass is 432 g/mol. The van der Waals surface area contributed by atoms with Crippen LogP contribution in [0.4, 0.5) is 10.1 Å². The molecule has 0 spiro atoms. The number of hydrogen-bond acceptors (Lipinski definition) is 4. The van der Waals surface area contributed by atoms with Crippen LogP contribution in [-0.4, -0.2) is 30.1 Å². The van der Waals surface area contributed by atoms with Gasteiger partial charge in [-0.3, -0.25) is 14.6 Å². The van der Waals surface area contributed by atoms with E-state index in [1.165, 1.54) is 29.3 Å². The second-order valence-corrected chi connectivity index (χ2v) is 6.94. The highest BCUT2D eigenvalue weighted by Crippen LogP contribution is 2.25. The Morgan fingerprint density at radius 1 is 1.22 bits per heavy atom. The molecule has 8 heteroatoms. The van der Waals surface area contributed by atoms with Gasteiger partial charge in [-0.1, -0.05) is 34.1 Å². The zero-order chi connectivity index (χ0) is 19.4. The highest BCUT2D eigenvalue weighted by molar-refractivity contribution is 9.10. The highest BCUT2D eigenvalue weighted by atomic mass is 79.9. The first kappa shape index (κ1) is 19.0. The Kier molecular flexibility index (Phi) is 5.85. The van der Waals surface area contributed by atoms with Crippen LogP contribution in [0, 0.1) is 5.82 Å². The Hall–Kier alpha value is -2.74. The molecular formula is C19H18BrFN4O2. The first-order valence-electron chi connectivity index (χ1n) is 8.39. The summed E-state index contributed by atoms with van der Waals surface area (Å²) in [7, 11) is 0. The van der Waals surface area contributed by atoms with Crippen molar-refractivity contribution in [2.24, 2.45) is 10.8 Å². The number of hydrazone groups is 1. The van der Waals surface area contributed by atoms with Crippen molar-refractivity contribution < 1.29 is 14.0 Å². The number of halogens is 2. The number of anilines is 1. The number of primary amides is 1. The summed E-state index contributed by atoms with van der Waals surface area (Å²) in [5.41, 5.74) is 7.24. The molecule has 0 aromatic heterocycles. The van der Waals surface area contributed by atoms with Gasteiger partial charge in [0.2, 0.25) is 5.91 Å². The lowest BCUT2D eigenvalue weighted by molar-refractivity contribution is -0.119. The highest BCUT2D eigenvalue weighted by Gasteiger charge is 2.34. The molecule has 2 aromatic rings. The SMILES string of the molecule is NC(=O)C1CC(C(=O)NCCc2ccccc2Br)=NN1c1ccc(F)cc1. The molecule has 0 saturated heterocycles. The van der Waals surface area contributed by atoms with E-state index in [9.17, 15) is 14.0 Å². The van der Waals surface area contributed by atoms with Gasteiger partial charge in [0.1, 0.15) is 17.6 Å². The van der Waals surface area contributed by atoms with Crippen LogP contribution in [0.3, 0.4) is 0 Å². The van der Waals surface area contributed by atoms with Gasteiger partial charge in [-0.25, -0.2) is 4.39 Å². The minimum Gasteiger partial charge on any atom is -0.368 e. The van der Waals surface area contributed by atoms with E-state index >= 15 is 0 Å². The number of hydrogen-bond donors (Lipinski definition) is 2. The minimum atomic E-state index is -0.778. The fraction of sp³-hybridized carbons (Fsp3) is 0.211. The summed E-state index contributed by atoms with van der Waals surface area (Å²) in [4.78, 5) is 24.2. The molecule has 0 radical (unpaired) electrons. The second kappa shape index (κ2) is 8.30. The van der Waals surface area contributed by atoms with E-state index in [1.54, 1.807) is 0 Å². The van der Waals surface area contributed by atoms with Gasteiger partial charge in [-0.05, 0) is 42.3 Å². The average molecular weight is 433 g/mol. The maximum absolute atomic E-state index is 13.1. The maximum Gasteiger partial charge on any atom is 0.267 e. The van der Waals surface area contributed by atoms with Gasteiger partial charge in [0.05, 0.1) is 5.69 Å². The molecule has 1 aliphatic heterocycles. The van der Waals surface area contributed by atoms with Crippen LogP contribution in [0.5, 0.6) is 0 Å². The lowest BCUT2D eigenvalue weighted by atomic mass is 10.1. The number of rotatable bonds is 6. The van der Waals surface area contributed by atoms with Crippen molar-refractivity contribution in [1.82, 2.24) is 5.32 Å². The van der Waals surface area contributed by atoms with E-state index in [-0.39, 0.29) is 18.0 Å². The first-order valence-corrected chi connectivity index (χ1v) is 9.18. The molecule has 2 aromatic carbocycles. The van der Waals surface area contributed by atoms with Crippen molar-refractivity contribution in [2.75, 3.05) is 11.6 Å². The quantitative estimate of drug-likeness (QED) is 0.734. The fourth-order valence-electron chi connectivity index (χ4n) is 2.81. The standard InChI is InChI=1S/C19H18BrFN4O2/c20-15-4-2-1-3-12(15)9-10-23-19(27)16-11-17(18(22)26)25(24-16)14-7-5-13(21)6-8-14/h1-8,17H,9-11H2,(H2,22,26)(H,23,27). The number of nitrogens with one attached hydrogen (secondary N) is 1. The Labute approximate surface area is 164 Å². The van der Waals surface area contributed by atoms with E-state index in [0.717, 1.165) is 10.0 Å². The van der Waals surface area contributed by atoms with Crippen molar-refractivity contribution >= 4 is 39.1 Å². The summed E-state index contributed by atoms with van der Waals surface area (Å²) in [6.07, 6.45) is 0.759. The number of carbonyl (C=O) groups excluding carboxylic acids is 2. The molecule has 2 amide bonds. The average Bonchev–Trinajstić information content (AvgIpc) is 3.10. The summed E-state index contributed by atoms with van der Waals surface area (Å²) in [5, 5.41) is 8.42. The molecule has 1 aliphatic rings. The van der Waals surface area contributed by atoms with E-state index in [2.05, 4.69) is 26.3 Å². The summed E-state index contributed by atoms with van der Waals surface area (Å²) in [5.74, 6) is -1.35. The van der Waals surface area contributed by atoms with Gasteiger partial charge in [0.15, 0.2) is 0 Å². The molecule has 1 unspecified atom stereocenters. The molecular weight excluding hydrogens is 415 g/mol. The molecule has 140 valence electrons. The summed E-state index contributed by atoms with van der Waals surface area (Å²) >= 11 is 3.47. The van der Waals surface area contributed by atoms with E-state index in [0.29, 0.717) is 18.7 Å². The van der Waals surface area contributed by atoms with Crippen molar-refractivity contribution in [1.29, 1.82) is 0 Å². The molecule has 0 bridgehead atoms. The second-order valence-electron chi connectivity index (χ2n) is 6.09. The van der Waals surface area contributed by atoms with Crippen LogP contribution in [0.15, 0.2) is 58.1 Å². The molecule has 1 atom stereocenters. The van der Waals surface area contributed by atoms with Crippen LogP contribution >= 0.6 is 15.9 Å². The third-order valence-corrected chi connectivity index (χ3v) is 5.00. The zero-order valence-electron chi connectivity index (χ0n) is 14.4. The summed E-state index contributed by atoms with van der Waals surface area (Å²) in [6, 6.07) is 12.5. The Balaban J connectivity index is 1.67. The van der Waals surface area contributed by atoms with Crippen LogP contribution in [0.25, 0.3) is 0 Å². The molecule has 3 N–H and O–H groups in total. The van der Waals surface area contributed by atoms with E-state index < -0.39 is 17.8 Å². The Morgan fingerprint density at radius 3 is 2.59 bits per heavy atom. The third-order valence-electron chi connectivity index (χ3n) is 4.23.